The molecule has 0 atom stereocenters. The lowest BCUT2D eigenvalue weighted by molar-refractivity contribution is 0.589. The molecule has 0 aliphatic carbocycles. The van der Waals surface area contributed by atoms with Gasteiger partial charge in [0.15, 0.2) is 0 Å². The molecule has 18 heavy (non-hydrogen) atoms. The zero-order chi connectivity index (χ0) is 12.6. The number of hydrogen-bond acceptors (Lipinski definition) is 3. The fourth-order valence-corrected chi connectivity index (χ4v) is 1.99. The number of azide groups is 1. The van der Waals surface area contributed by atoms with Crippen LogP contribution in [0.5, 0.6) is 0 Å². The summed E-state index contributed by atoms with van der Waals surface area (Å²) in [4.78, 5) is 5.08. The van der Waals surface area contributed by atoms with Crippen molar-refractivity contribution < 1.29 is 0 Å². The highest BCUT2D eigenvalue weighted by atomic mass is 15.2. The largest absolute Gasteiger partial charge is 0.369 e. The first-order chi connectivity index (χ1) is 8.90. The Morgan fingerprint density at radius 3 is 2.67 bits per heavy atom. The highest BCUT2D eigenvalue weighted by molar-refractivity contribution is 5.56. The number of hydrogen-bond donors (Lipinski definition) is 1. The van der Waals surface area contributed by atoms with Crippen molar-refractivity contribution in [2.75, 3.05) is 37.6 Å². The normalized spacial score (nSPS) is 15.7. The molecule has 0 aromatic heterocycles. The van der Waals surface area contributed by atoms with E-state index in [4.69, 9.17) is 5.53 Å². The molecule has 0 saturated carbocycles. The Hall–Kier alpha value is -1.97. The quantitative estimate of drug-likeness (QED) is 0.501. The van der Waals surface area contributed by atoms with Crippen molar-refractivity contribution in [3.63, 3.8) is 0 Å². The molecule has 94 valence electrons. The van der Waals surface area contributed by atoms with Gasteiger partial charge in [-0.2, -0.15) is 0 Å². The highest BCUT2D eigenvalue weighted by Crippen LogP contribution is 2.16. The van der Waals surface area contributed by atoms with Crippen LogP contribution in [-0.4, -0.2) is 32.7 Å². The predicted octanol–water partition coefficient (Wildman–Crippen LogP) is 2.42. The minimum atomic E-state index is 0.399. The van der Waals surface area contributed by atoms with Gasteiger partial charge in [-0.1, -0.05) is 29.4 Å². The van der Waals surface area contributed by atoms with E-state index in [0.29, 0.717) is 6.54 Å². The molecule has 1 aliphatic heterocycles. The van der Waals surface area contributed by atoms with Crippen LogP contribution in [0.2, 0.25) is 0 Å². The van der Waals surface area contributed by atoms with Crippen molar-refractivity contribution in [2.45, 2.75) is 0 Å². The van der Waals surface area contributed by atoms with Crippen molar-refractivity contribution >= 4 is 11.8 Å². The van der Waals surface area contributed by atoms with Gasteiger partial charge in [-0.15, -0.1) is 0 Å². The summed E-state index contributed by atoms with van der Waals surface area (Å²) in [5, 5.41) is 6.80. The first kappa shape index (κ1) is 12.5. The van der Waals surface area contributed by atoms with Gasteiger partial charge >= 0.3 is 0 Å². The molecule has 5 nitrogen and oxygen atoms in total. The lowest BCUT2D eigenvalue weighted by Gasteiger charge is -2.29. The molecule has 2 rings (SSSR count). The van der Waals surface area contributed by atoms with E-state index in [1.54, 1.807) is 0 Å². The van der Waals surface area contributed by atoms with E-state index in [9.17, 15) is 0 Å². The molecule has 1 saturated heterocycles. The van der Waals surface area contributed by atoms with Crippen LogP contribution in [0.1, 0.15) is 5.56 Å². The van der Waals surface area contributed by atoms with Gasteiger partial charge < -0.3 is 10.2 Å². The van der Waals surface area contributed by atoms with Gasteiger partial charge in [-0.25, -0.2) is 0 Å². The Labute approximate surface area is 107 Å². The Morgan fingerprint density at radius 2 is 2.00 bits per heavy atom. The molecule has 1 N–H and O–H groups in total. The first-order valence-electron chi connectivity index (χ1n) is 6.13. The number of piperazine rings is 1. The zero-order valence-corrected chi connectivity index (χ0v) is 10.3. The average molecular weight is 243 g/mol. The monoisotopic (exact) mass is 243 g/mol. The molecule has 1 aromatic carbocycles. The highest BCUT2D eigenvalue weighted by Gasteiger charge is 2.09. The Kier molecular flexibility index (Phi) is 4.64. The van der Waals surface area contributed by atoms with E-state index in [-0.39, 0.29) is 0 Å². The van der Waals surface area contributed by atoms with Crippen LogP contribution in [0.25, 0.3) is 16.5 Å². The van der Waals surface area contributed by atoms with Crippen LogP contribution in [0, 0.1) is 0 Å². The molecule has 0 amide bonds. The SMILES string of the molecule is [N-]=[N+]=NCC=Cc1ccc(N2CCNCC2)cc1. The van der Waals surface area contributed by atoms with Crippen molar-refractivity contribution in [3.8, 4) is 0 Å². The van der Waals surface area contributed by atoms with Gasteiger partial charge in [0.2, 0.25) is 0 Å². The molecular weight excluding hydrogens is 226 g/mol. The van der Waals surface area contributed by atoms with Crippen LogP contribution in [0.4, 0.5) is 5.69 Å². The Balaban J connectivity index is 1.96. The standard InChI is InChI=1S/C13H17N5/c14-17-16-7-1-2-12-3-5-13(6-4-12)18-10-8-15-9-11-18/h1-6,15H,7-11H2. The van der Waals surface area contributed by atoms with Gasteiger partial charge in [0, 0.05) is 43.3 Å². The van der Waals surface area contributed by atoms with Gasteiger partial charge in [0.25, 0.3) is 0 Å². The van der Waals surface area contributed by atoms with Crippen LogP contribution >= 0.6 is 0 Å². The number of rotatable bonds is 4. The van der Waals surface area contributed by atoms with Gasteiger partial charge in [0.05, 0.1) is 0 Å². The van der Waals surface area contributed by atoms with E-state index in [1.165, 1.54) is 5.69 Å². The summed E-state index contributed by atoms with van der Waals surface area (Å²) >= 11 is 0. The molecule has 1 aromatic rings. The molecule has 1 heterocycles. The minimum Gasteiger partial charge on any atom is -0.369 e. The zero-order valence-electron chi connectivity index (χ0n) is 10.3. The topological polar surface area (TPSA) is 64.0 Å². The van der Waals surface area contributed by atoms with Crippen molar-refractivity contribution in [2.24, 2.45) is 5.11 Å². The molecule has 0 bridgehead atoms. The van der Waals surface area contributed by atoms with E-state index >= 15 is 0 Å². The third-order valence-corrected chi connectivity index (χ3v) is 2.94. The summed E-state index contributed by atoms with van der Waals surface area (Å²) in [5.74, 6) is 0. The summed E-state index contributed by atoms with van der Waals surface area (Å²) in [6, 6.07) is 8.45. The maximum Gasteiger partial charge on any atom is 0.0443 e. The number of nitrogens with zero attached hydrogens (tertiary/aromatic N) is 4. The van der Waals surface area contributed by atoms with Crippen LogP contribution < -0.4 is 10.2 Å². The lowest BCUT2D eigenvalue weighted by atomic mass is 10.1. The molecule has 5 heteroatoms. The number of nitrogens with one attached hydrogen (secondary N) is 1. The predicted molar refractivity (Wildman–Crippen MR) is 74.6 cm³/mol. The maximum absolute atomic E-state index is 8.16. The fourth-order valence-electron chi connectivity index (χ4n) is 1.99. The van der Waals surface area contributed by atoms with Crippen LogP contribution in [0.15, 0.2) is 35.5 Å². The molecule has 0 spiro atoms. The van der Waals surface area contributed by atoms with Gasteiger partial charge in [0.1, 0.15) is 0 Å². The number of benzene rings is 1. The Morgan fingerprint density at radius 1 is 1.28 bits per heavy atom. The molecular formula is C13H17N5. The molecule has 1 fully saturated rings. The van der Waals surface area contributed by atoms with E-state index in [0.717, 1.165) is 31.7 Å². The van der Waals surface area contributed by atoms with Crippen molar-refractivity contribution in [3.05, 3.63) is 46.3 Å². The molecule has 0 radical (unpaired) electrons. The number of anilines is 1. The van der Waals surface area contributed by atoms with Gasteiger partial charge in [-0.3, -0.25) is 0 Å². The fraction of sp³-hybridized carbons (Fsp3) is 0.385. The van der Waals surface area contributed by atoms with Crippen molar-refractivity contribution in [1.29, 1.82) is 0 Å². The summed E-state index contributed by atoms with van der Waals surface area (Å²) in [6.07, 6.45) is 3.83. The average Bonchev–Trinajstić information content (AvgIpc) is 2.45. The first-order valence-corrected chi connectivity index (χ1v) is 6.13. The van der Waals surface area contributed by atoms with Gasteiger partial charge in [-0.05, 0) is 23.2 Å². The third-order valence-electron chi connectivity index (χ3n) is 2.94. The lowest BCUT2D eigenvalue weighted by Crippen LogP contribution is -2.43. The van der Waals surface area contributed by atoms with E-state index in [1.807, 2.05) is 12.2 Å². The summed E-state index contributed by atoms with van der Waals surface area (Å²) < 4.78 is 0. The third kappa shape index (κ3) is 3.52. The summed E-state index contributed by atoms with van der Waals surface area (Å²) in [7, 11) is 0. The summed E-state index contributed by atoms with van der Waals surface area (Å²) in [6.45, 7) is 4.62. The van der Waals surface area contributed by atoms with E-state index < -0.39 is 0 Å². The maximum atomic E-state index is 8.16. The second-order valence-corrected chi connectivity index (χ2v) is 4.14. The molecule has 1 aliphatic rings. The minimum absolute atomic E-state index is 0.399. The summed E-state index contributed by atoms with van der Waals surface area (Å²) in [5.41, 5.74) is 10.6. The Bertz CT molecular complexity index is 439. The van der Waals surface area contributed by atoms with Crippen molar-refractivity contribution in [1.82, 2.24) is 5.32 Å². The smallest absolute Gasteiger partial charge is 0.0443 e. The van der Waals surface area contributed by atoms with E-state index in [2.05, 4.69) is 44.5 Å². The van der Waals surface area contributed by atoms with Crippen LogP contribution in [-0.2, 0) is 0 Å². The second-order valence-electron chi connectivity index (χ2n) is 4.14. The second kappa shape index (κ2) is 6.69. The molecule has 0 unspecified atom stereocenters. The van der Waals surface area contributed by atoms with Crippen LogP contribution in [0.3, 0.4) is 0 Å².